The van der Waals surface area contributed by atoms with Crippen LogP contribution in [0.3, 0.4) is 0 Å². The number of nitrogens with one attached hydrogen (secondary N) is 2. The Kier molecular flexibility index (Phi) is 7.63. The maximum absolute atomic E-state index is 14.1. The number of carbonyl (C=O) groups is 3. The maximum atomic E-state index is 14.1. The van der Waals surface area contributed by atoms with E-state index in [1.54, 1.807) is 55.3 Å². The number of fused-ring (bicyclic) bond motifs is 9. The van der Waals surface area contributed by atoms with E-state index in [4.69, 9.17) is 9.47 Å². The van der Waals surface area contributed by atoms with Gasteiger partial charge in [0.1, 0.15) is 11.5 Å². The fourth-order valence-electron chi connectivity index (χ4n) is 8.39. The average molecular weight is 708 g/mol. The number of hydrogen-bond acceptors (Lipinski definition) is 8. The van der Waals surface area contributed by atoms with Gasteiger partial charge in [-0.2, -0.15) is 13.2 Å². The second-order valence-electron chi connectivity index (χ2n) is 12.6. The number of thioether (sulfide) groups is 1. The molecule has 1 saturated heterocycles. The number of para-hydroxylation sites is 2. The molecule has 1 aromatic heterocycles. The van der Waals surface area contributed by atoms with Crippen LogP contribution in [-0.2, 0) is 20.6 Å². The van der Waals surface area contributed by atoms with Gasteiger partial charge in [0, 0.05) is 21.6 Å². The van der Waals surface area contributed by atoms with Crippen LogP contribution in [0.25, 0.3) is 0 Å². The number of halogens is 3. The van der Waals surface area contributed by atoms with Crippen molar-refractivity contribution in [2.45, 2.75) is 28.8 Å². The van der Waals surface area contributed by atoms with Crippen LogP contribution in [0.2, 0.25) is 0 Å². The molecule has 9 nitrogen and oxygen atoms in total. The molecule has 3 amide bonds. The van der Waals surface area contributed by atoms with Crippen LogP contribution in [0, 0.1) is 29.6 Å². The van der Waals surface area contributed by atoms with E-state index >= 15 is 0 Å². The number of aromatic nitrogens is 1. The highest BCUT2D eigenvalue weighted by atomic mass is 32.2. The quantitative estimate of drug-likeness (QED) is 0.221. The van der Waals surface area contributed by atoms with E-state index in [9.17, 15) is 32.3 Å². The lowest BCUT2D eigenvalue weighted by Crippen LogP contribution is -2.42. The van der Waals surface area contributed by atoms with Crippen LogP contribution in [0.5, 0.6) is 11.5 Å². The number of nitrogens with zero attached hydrogens (tertiary/aromatic N) is 1. The van der Waals surface area contributed by atoms with Crippen LogP contribution >= 0.6 is 23.1 Å². The van der Waals surface area contributed by atoms with Gasteiger partial charge in [0.05, 0.1) is 40.9 Å². The Morgan fingerprint density at radius 2 is 1.65 bits per heavy atom. The number of rotatable bonds is 7. The SMILES string of the molecule is COc1ccc(N2C(=O)C3C(C2=O)[C@@H]2C[C@H]3C3Sc4[nH]c(=O)sc4[C@H](c4ccccc4OCC(=O)Nc4ccccc4C(F)(F)F)C32)cc1. The topological polar surface area (TPSA) is 118 Å². The summed E-state index contributed by atoms with van der Waals surface area (Å²) in [6.07, 6.45) is -3.97. The second kappa shape index (κ2) is 11.8. The van der Waals surface area contributed by atoms with Crippen molar-refractivity contribution in [3.63, 3.8) is 0 Å². The van der Waals surface area contributed by atoms with Crippen LogP contribution in [-0.4, -0.2) is 41.7 Å². The minimum Gasteiger partial charge on any atom is -0.497 e. The van der Waals surface area contributed by atoms with Gasteiger partial charge in [0.2, 0.25) is 11.8 Å². The van der Waals surface area contributed by atoms with Gasteiger partial charge in [-0.3, -0.25) is 24.1 Å². The molecule has 3 aromatic carbocycles. The molecule has 252 valence electrons. The summed E-state index contributed by atoms with van der Waals surface area (Å²) in [7, 11) is 1.54. The van der Waals surface area contributed by atoms with E-state index in [0.717, 1.165) is 22.3 Å². The monoisotopic (exact) mass is 707 g/mol. The molecule has 7 atom stereocenters. The van der Waals surface area contributed by atoms with Crippen molar-refractivity contribution in [1.82, 2.24) is 4.98 Å². The third-order valence-corrected chi connectivity index (χ3v) is 12.8. The Bertz CT molecular complexity index is 2050. The number of amides is 3. The van der Waals surface area contributed by atoms with Gasteiger partial charge in [-0.15, -0.1) is 11.8 Å². The molecule has 2 N–H and O–H groups in total. The summed E-state index contributed by atoms with van der Waals surface area (Å²) in [6.45, 7) is -0.560. The van der Waals surface area contributed by atoms with Gasteiger partial charge in [0.15, 0.2) is 6.61 Å². The van der Waals surface area contributed by atoms with Gasteiger partial charge in [-0.1, -0.05) is 41.7 Å². The first-order valence-corrected chi connectivity index (χ1v) is 17.3. The molecule has 4 aromatic rings. The molecule has 8 rings (SSSR count). The highest BCUT2D eigenvalue weighted by molar-refractivity contribution is 8.00. The minimum atomic E-state index is -4.65. The number of methoxy groups -OCH3 is 1. The van der Waals surface area contributed by atoms with E-state index in [0.29, 0.717) is 34.2 Å². The highest BCUT2D eigenvalue weighted by Crippen LogP contribution is 2.69. The van der Waals surface area contributed by atoms with Gasteiger partial charge in [-0.25, -0.2) is 0 Å². The number of alkyl halides is 3. The number of ether oxygens (including phenoxy) is 2. The summed E-state index contributed by atoms with van der Waals surface area (Å²) in [5.41, 5.74) is -0.146. The third-order valence-electron chi connectivity index (χ3n) is 10.2. The zero-order valence-corrected chi connectivity index (χ0v) is 27.4. The standard InChI is InChI=1S/C35H28F3N3O6S2/c1-46-17-12-10-16(11-13-17)41-32(43)27-19-14-20(28(27)33(41)44)29-26(19)25(30-31(48-29)40-34(45)49-30)18-6-2-5-9-23(18)47-15-24(42)39-22-8-4-3-7-21(22)35(36,37)38/h2-13,19-20,25-29H,14-15H2,1H3,(H,39,42)(H,40,45)/t19-,20-,25-,26?,27?,28?,29?/m1/s1. The lowest BCUT2D eigenvalue weighted by Gasteiger charge is -2.43. The molecular weight excluding hydrogens is 680 g/mol. The van der Waals surface area contributed by atoms with Crippen molar-refractivity contribution < 1.29 is 37.0 Å². The van der Waals surface area contributed by atoms with E-state index in [1.165, 1.54) is 23.1 Å². The van der Waals surface area contributed by atoms with Crippen LogP contribution in [0.15, 0.2) is 82.6 Å². The predicted molar refractivity (Wildman–Crippen MR) is 176 cm³/mol. The Labute approximate surface area is 285 Å². The number of H-pyrrole nitrogens is 1. The minimum absolute atomic E-state index is 0.0724. The Hall–Kier alpha value is -4.56. The molecule has 49 heavy (non-hydrogen) atoms. The van der Waals surface area contributed by atoms with Crippen molar-refractivity contribution in [3.05, 3.63) is 98.5 Å². The fourth-order valence-corrected chi connectivity index (χ4v) is 11.3. The molecule has 0 spiro atoms. The fraction of sp³-hybridized carbons (Fsp3) is 0.314. The molecule has 14 heteroatoms. The van der Waals surface area contributed by atoms with Crippen molar-refractivity contribution in [3.8, 4) is 11.5 Å². The van der Waals surface area contributed by atoms with Gasteiger partial charge in [-0.05, 0) is 66.6 Å². The second-order valence-corrected chi connectivity index (χ2v) is 14.8. The number of imide groups is 1. The first-order valence-electron chi connectivity index (χ1n) is 15.6. The zero-order chi connectivity index (χ0) is 34.2. The molecule has 3 heterocycles. The summed E-state index contributed by atoms with van der Waals surface area (Å²) < 4.78 is 51.8. The maximum Gasteiger partial charge on any atom is 0.418 e. The first-order chi connectivity index (χ1) is 23.5. The molecular formula is C35H28F3N3O6S2. The van der Waals surface area contributed by atoms with Crippen LogP contribution in [0.4, 0.5) is 24.5 Å². The van der Waals surface area contributed by atoms with Crippen LogP contribution < -0.4 is 24.6 Å². The molecule has 0 radical (unpaired) electrons. The Morgan fingerprint density at radius 3 is 2.39 bits per heavy atom. The molecule has 4 unspecified atom stereocenters. The van der Waals surface area contributed by atoms with Crippen molar-refractivity contribution in [1.29, 1.82) is 0 Å². The number of carbonyl (C=O) groups excluding carboxylic acids is 3. The smallest absolute Gasteiger partial charge is 0.418 e. The Balaban J connectivity index is 1.10. The summed E-state index contributed by atoms with van der Waals surface area (Å²) in [4.78, 5) is 58.4. The van der Waals surface area contributed by atoms with E-state index < -0.39 is 36.1 Å². The van der Waals surface area contributed by atoms with Crippen LogP contribution in [0.1, 0.15) is 28.3 Å². The van der Waals surface area contributed by atoms with Crippen molar-refractivity contribution in [2.24, 2.45) is 29.6 Å². The molecule has 2 bridgehead atoms. The number of hydrogen-bond donors (Lipinski definition) is 2. The normalized spacial score (nSPS) is 26.7. The highest BCUT2D eigenvalue weighted by Gasteiger charge is 2.69. The third kappa shape index (κ3) is 5.14. The average Bonchev–Trinajstić information content (AvgIpc) is 3.82. The van der Waals surface area contributed by atoms with Crippen molar-refractivity contribution >= 4 is 52.2 Å². The Morgan fingerprint density at radius 1 is 0.959 bits per heavy atom. The van der Waals surface area contributed by atoms with E-state index in [2.05, 4.69) is 10.3 Å². The first kappa shape index (κ1) is 31.7. The van der Waals surface area contributed by atoms with E-state index in [1.807, 2.05) is 12.1 Å². The summed E-state index contributed by atoms with van der Waals surface area (Å²) >= 11 is 2.64. The molecule has 2 aliphatic carbocycles. The zero-order valence-electron chi connectivity index (χ0n) is 25.7. The molecule has 2 aliphatic heterocycles. The lowest BCUT2D eigenvalue weighted by atomic mass is 9.68. The van der Waals surface area contributed by atoms with Gasteiger partial charge < -0.3 is 19.8 Å². The summed E-state index contributed by atoms with van der Waals surface area (Å²) in [5, 5.41) is 2.95. The molecule has 2 saturated carbocycles. The predicted octanol–water partition coefficient (Wildman–Crippen LogP) is 6.16. The van der Waals surface area contributed by atoms with Gasteiger partial charge in [0.25, 0.3) is 5.91 Å². The largest absolute Gasteiger partial charge is 0.497 e. The van der Waals surface area contributed by atoms with Gasteiger partial charge >= 0.3 is 11.0 Å². The van der Waals surface area contributed by atoms with E-state index in [-0.39, 0.29) is 51.3 Å². The number of anilines is 2. The molecule has 4 aliphatic rings. The van der Waals surface area contributed by atoms with Crippen molar-refractivity contribution in [2.75, 3.05) is 23.9 Å². The number of benzene rings is 3. The number of aromatic amines is 1. The summed E-state index contributed by atoms with van der Waals surface area (Å²) in [5.74, 6) is -2.02. The lowest BCUT2D eigenvalue weighted by molar-refractivity contribution is -0.137. The number of thiazole rings is 1. The molecule has 3 fully saturated rings. The summed E-state index contributed by atoms with van der Waals surface area (Å²) in [6, 6.07) is 18.6.